The van der Waals surface area contributed by atoms with E-state index in [0.29, 0.717) is 12.5 Å². The zero-order valence-corrected chi connectivity index (χ0v) is 16.4. The van der Waals surface area contributed by atoms with Gasteiger partial charge in [0.15, 0.2) is 5.16 Å². The molecule has 1 aliphatic rings. The zero-order chi connectivity index (χ0) is 18.4. The normalized spacial score (nSPS) is 18.5. The molecule has 1 aromatic carbocycles. The molecule has 0 aliphatic carbocycles. The maximum Gasteiger partial charge on any atom is 0.343 e. The van der Waals surface area contributed by atoms with Gasteiger partial charge in [0.1, 0.15) is 0 Å². The van der Waals surface area contributed by atoms with E-state index in [4.69, 9.17) is 4.74 Å². The van der Waals surface area contributed by atoms with Crippen molar-refractivity contribution in [1.82, 2.24) is 19.7 Å². The van der Waals surface area contributed by atoms with Gasteiger partial charge in [0, 0.05) is 31.9 Å². The third-order valence-corrected chi connectivity index (χ3v) is 5.54. The van der Waals surface area contributed by atoms with Gasteiger partial charge in [0.05, 0.1) is 12.7 Å². The molecule has 3 rings (SSSR count). The van der Waals surface area contributed by atoms with Gasteiger partial charge >= 0.3 is 5.69 Å². The largest absolute Gasteiger partial charge is 0.375 e. The second kappa shape index (κ2) is 9.39. The minimum atomic E-state index is -0.144. The van der Waals surface area contributed by atoms with Gasteiger partial charge in [-0.15, -0.1) is 5.10 Å². The summed E-state index contributed by atoms with van der Waals surface area (Å²) in [6.45, 7) is 8.96. The van der Waals surface area contributed by atoms with Gasteiger partial charge < -0.3 is 4.74 Å². The first-order chi connectivity index (χ1) is 12.6. The number of ether oxygens (including phenoxy) is 1. The number of thioether (sulfide) groups is 1. The predicted molar refractivity (Wildman–Crippen MR) is 105 cm³/mol. The van der Waals surface area contributed by atoms with Crippen molar-refractivity contribution in [3.8, 4) is 0 Å². The van der Waals surface area contributed by atoms with Crippen molar-refractivity contribution in [3.63, 3.8) is 0 Å². The van der Waals surface area contributed by atoms with Gasteiger partial charge in [-0.1, -0.05) is 55.9 Å². The Morgan fingerprint density at radius 2 is 2.15 bits per heavy atom. The highest BCUT2D eigenvalue weighted by molar-refractivity contribution is 7.99. The number of aryl methyl sites for hydroxylation is 1. The van der Waals surface area contributed by atoms with Gasteiger partial charge in [-0.2, -0.15) is 0 Å². The summed E-state index contributed by atoms with van der Waals surface area (Å²) in [7, 11) is 0. The lowest BCUT2D eigenvalue weighted by Crippen LogP contribution is -2.44. The van der Waals surface area contributed by atoms with Crippen LogP contribution in [-0.2, 0) is 17.7 Å². The molecule has 0 saturated carbocycles. The van der Waals surface area contributed by atoms with Crippen LogP contribution >= 0.6 is 11.8 Å². The van der Waals surface area contributed by atoms with Crippen LogP contribution in [0.4, 0.5) is 0 Å². The lowest BCUT2D eigenvalue weighted by atomic mass is 10.1. The van der Waals surface area contributed by atoms with Crippen LogP contribution in [-0.4, -0.2) is 57.8 Å². The molecule has 1 aliphatic heterocycles. The summed E-state index contributed by atoms with van der Waals surface area (Å²) in [6.07, 6.45) is 0.998. The topological polar surface area (TPSA) is 63.1 Å². The molecule has 0 unspecified atom stereocenters. The fourth-order valence-corrected chi connectivity index (χ4v) is 4.20. The van der Waals surface area contributed by atoms with Crippen LogP contribution in [0.1, 0.15) is 19.4 Å². The summed E-state index contributed by atoms with van der Waals surface area (Å²) in [6, 6.07) is 10.2. The lowest BCUT2D eigenvalue weighted by Gasteiger charge is -2.33. The van der Waals surface area contributed by atoms with Crippen LogP contribution in [0.2, 0.25) is 0 Å². The van der Waals surface area contributed by atoms with E-state index in [1.807, 2.05) is 18.2 Å². The van der Waals surface area contributed by atoms with E-state index < -0.39 is 0 Å². The van der Waals surface area contributed by atoms with E-state index in [1.165, 1.54) is 5.56 Å². The number of nitrogens with one attached hydrogen (secondary N) is 1. The van der Waals surface area contributed by atoms with E-state index in [0.717, 1.165) is 43.6 Å². The van der Waals surface area contributed by atoms with Crippen LogP contribution < -0.4 is 5.69 Å². The Bertz CT molecular complexity index is 729. The van der Waals surface area contributed by atoms with E-state index in [1.54, 1.807) is 16.3 Å². The van der Waals surface area contributed by atoms with Crippen molar-refractivity contribution < 1.29 is 4.74 Å². The fraction of sp³-hybridized carbons (Fsp3) is 0.579. The van der Waals surface area contributed by atoms with Crippen molar-refractivity contribution in [2.24, 2.45) is 5.92 Å². The molecule has 6 nitrogen and oxygen atoms in total. The van der Waals surface area contributed by atoms with E-state index in [2.05, 4.69) is 41.1 Å². The van der Waals surface area contributed by atoms with Crippen LogP contribution in [0.3, 0.4) is 0 Å². The number of morpholine rings is 1. The Kier molecular flexibility index (Phi) is 6.93. The Balaban J connectivity index is 1.54. The maximum atomic E-state index is 12.1. The van der Waals surface area contributed by atoms with Gasteiger partial charge in [-0.3, -0.25) is 9.47 Å². The number of hydrogen-bond acceptors (Lipinski definition) is 5. The van der Waals surface area contributed by atoms with E-state index in [9.17, 15) is 4.79 Å². The van der Waals surface area contributed by atoms with Gasteiger partial charge in [0.2, 0.25) is 0 Å². The zero-order valence-electron chi connectivity index (χ0n) is 15.6. The first-order valence-electron chi connectivity index (χ1n) is 9.27. The minimum Gasteiger partial charge on any atom is -0.375 e. The van der Waals surface area contributed by atoms with Gasteiger partial charge in [-0.25, -0.2) is 9.89 Å². The van der Waals surface area contributed by atoms with Crippen molar-refractivity contribution >= 4 is 11.8 Å². The molecule has 0 radical (unpaired) electrons. The molecule has 1 N–H and O–H groups in total. The Morgan fingerprint density at radius 1 is 1.35 bits per heavy atom. The number of rotatable bonds is 8. The summed E-state index contributed by atoms with van der Waals surface area (Å²) in [4.78, 5) is 14.5. The molecule has 1 saturated heterocycles. The second-order valence-corrected chi connectivity index (χ2v) is 8.14. The molecule has 2 heterocycles. The molecule has 1 fully saturated rings. The average Bonchev–Trinajstić information content (AvgIpc) is 2.98. The maximum absolute atomic E-state index is 12.1. The number of benzene rings is 1. The Labute approximate surface area is 158 Å². The molecule has 7 heteroatoms. The summed E-state index contributed by atoms with van der Waals surface area (Å²) in [5.74, 6) is 1.47. The predicted octanol–water partition coefficient (Wildman–Crippen LogP) is 2.26. The number of aromatic nitrogens is 3. The van der Waals surface area contributed by atoms with Gasteiger partial charge in [0.25, 0.3) is 0 Å². The van der Waals surface area contributed by atoms with E-state index in [-0.39, 0.29) is 11.8 Å². The Morgan fingerprint density at radius 3 is 2.92 bits per heavy atom. The quantitative estimate of drug-likeness (QED) is 0.716. The van der Waals surface area contributed by atoms with Crippen LogP contribution in [0, 0.1) is 5.92 Å². The number of aromatic amines is 1. The molecule has 0 spiro atoms. The standard InChI is InChI=1S/C19H28N4O2S/c1-15(2)12-22-10-11-25-17(13-22)14-26-19-21-20-18(24)23(19)9-8-16-6-4-3-5-7-16/h3-7,15,17H,8-14H2,1-2H3,(H,20,24)/t17-/m0/s1. The number of hydrogen-bond donors (Lipinski definition) is 1. The monoisotopic (exact) mass is 376 g/mol. The van der Waals surface area contributed by atoms with Crippen molar-refractivity contribution in [2.45, 2.75) is 38.1 Å². The Hall–Kier alpha value is -1.57. The average molecular weight is 377 g/mol. The third kappa shape index (κ3) is 5.46. The molecular weight excluding hydrogens is 348 g/mol. The van der Waals surface area contributed by atoms with Crippen LogP contribution in [0.15, 0.2) is 40.3 Å². The summed E-state index contributed by atoms with van der Waals surface area (Å²) >= 11 is 1.60. The highest BCUT2D eigenvalue weighted by Gasteiger charge is 2.22. The first kappa shape index (κ1) is 19.2. The molecule has 0 bridgehead atoms. The second-order valence-electron chi connectivity index (χ2n) is 7.16. The molecule has 0 amide bonds. The molecule has 2 aromatic rings. The number of nitrogens with zero attached hydrogens (tertiary/aromatic N) is 3. The number of H-pyrrole nitrogens is 1. The highest BCUT2D eigenvalue weighted by Crippen LogP contribution is 2.19. The van der Waals surface area contributed by atoms with Crippen LogP contribution in [0.5, 0.6) is 0 Å². The first-order valence-corrected chi connectivity index (χ1v) is 10.3. The molecule has 1 aromatic heterocycles. The molecule has 26 heavy (non-hydrogen) atoms. The fourth-order valence-electron chi connectivity index (χ4n) is 3.23. The van der Waals surface area contributed by atoms with Crippen molar-refractivity contribution in [1.29, 1.82) is 0 Å². The smallest absolute Gasteiger partial charge is 0.343 e. The van der Waals surface area contributed by atoms with Crippen LogP contribution in [0.25, 0.3) is 0 Å². The molecule has 142 valence electrons. The summed E-state index contributed by atoms with van der Waals surface area (Å²) < 4.78 is 7.63. The van der Waals surface area contributed by atoms with Gasteiger partial charge in [-0.05, 0) is 17.9 Å². The van der Waals surface area contributed by atoms with E-state index >= 15 is 0 Å². The lowest BCUT2D eigenvalue weighted by molar-refractivity contribution is -0.0191. The molecule has 1 atom stereocenters. The van der Waals surface area contributed by atoms with Crippen molar-refractivity contribution in [3.05, 3.63) is 46.4 Å². The highest BCUT2D eigenvalue weighted by atomic mass is 32.2. The van der Waals surface area contributed by atoms with Crippen molar-refractivity contribution in [2.75, 3.05) is 32.0 Å². The minimum absolute atomic E-state index is 0.144. The SMILES string of the molecule is CC(C)CN1CCO[C@H](CSc2n[nH]c(=O)n2CCc2ccccc2)C1. The third-order valence-electron chi connectivity index (χ3n) is 4.43. The molecular formula is C19H28N4O2S. The summed E-state index contributed by atoms with van der Waals surface area (Å²) in [5.41, 5.74) is 1.07. The summed E-state index contributed by atoms with van der Waals surface area (Å²) in [5, 5.41) is 7.53.